The Morgan fingerprint density at radius 2 is 1.87 bits per heavy atom. The Morgan fingerprint density at radius 3 is 2.51 bits per heavy atom. The van der Waals surface area contributed by atoms with Crippen LogP contribution < -0.4 is 16.0 Å². The topological polar surface area (TPSA) is 153 Å². The van der Waals surface area contributed by atoms with Gasteiger partial charge >= 0.3 is 5.97 Å². The van der Waals surface area contributed by atoms with Crippen molar-refractivity contribution in [1.82, 2.24) is 19.4 Å². The molecule has 45 heavy (non-hydrogen) atoms. The number of carbonyl (C=O) groups excluding carboxylic acids is 1. The molecule has 11 heteroatoms. The molecule has 1 saturated heterocycles. The third-order valence-corrected chi connectivity index (χ3v) is 8.53. The van der Waals surface area contributed by atoms with Crippen molar-refractivity contribution in [2.45, 2.75) is 57.5 Å². The highest BCUT2D eigenvalue weighted by molar-refractivity contribution is 6.01. The number of amides is 1. The molecule has 4 aromatic rings. The van der Waals surface area contributed by atoms with Crippen LogP contribution in [0.1, 0.15) is 49.6 Å². The van der Waals surface area contributed by atoms with Gasteiger partial charge in [-0.15, -0.1) is 0 Å². The summed E-state index contributed by atoms with van der Waals surface area (Å²) < 4.78 is 2.04. The number of piperidine rings is 1. The molecule has 11 nitrogen and oxygen atoms in total. The number of likely N-dealkylation sites (tertiary alicyclic amines) is 1. The van der Waals surface area contributed by atoms with Crippen molar-refractivity contribution in [2.75, 3.05) is 29.9 Å². The highest BCUT2D eigenvalue weighted by Gasteiger charge is 2.32. The second kappa shape index (κ2) is 14.3. The van der Waals surface area contributed by atoms with Crippen LogP contribution in [-0.4, -0.2) is 74.0 Å². The van der Waals surface area contributed by atoms with Gasteiger partial charge in [-0.1, -0.05) is 43.7 Å². The molecule has 2 aromatic heterocycles. The molecule has 2 aromatic carbocycles. The maximum absolute atomic E-state index is 13.9. The molecule has 0 spiro atoms. The van der Waals surface area contributed by atoms with E-state index >= 15 is 0 Å². The lowest BCUT2D eigenvalue weighted by molar-refractivity contribution is -0.140. The number of pyridine rings is 1. The minimum atomic E-state index is -1.01. The van der Waals surface area contributed by atoms with Crippen molar-refractivity contribution in [3.63, 3.8) is 0 Å². The van der Waals surface area contributed by atoms with Crippen molar-refractivity contribution in [3.8, 4) is 0 Å². The number of carboxylic acids is 1. The summed E-state index contributed by atoms with van der Waals surface area (Å²) in [6.07, 6.45) is 5.94. The SMILES string of the molecule is CCCC(C(=O)O)N(C(=O)CN1CCC(Nc2ccccn2)CC1)c1ccc2c(c1)nc(CCc1ccc(C(=N)N)cc1)n2C. The van der Waals surface area contributed by atoms with Crippen LogP contribution >= 0.6 is 0 Å². The van der Waals surface area contributed by atoms with E-state index in [-0.39, 0.29) is 24.3 Å². The molecular formula is C34H42N8O3. The molecule has 1 atom stereocenters. The third kappa shape index (κ3) is 7.66. The summed E-state index contributed by atoms with van der Waals surface area (Å²) in [5.74, 6) is 0.542. The van der Waals surface area contributed by atoms with Crippen LogP contribution in [0.15, 0.2) is 66.9 Å². The number of amidine groups is 1. The summed E-state index contributed by atoms with van der Waals surface area (Å²) in [6.45, 7) is 3.54. The van der Waals surface area contributed by atoms with Gasteiger partial charge in [0, 0.05) is 50.0 Å². The standard InChI is InChI=1S/C34H42N8O3/c1-3-6-29(34(44)45)42(32(43)22-41-19-16-25(17-20-41)38-30-7-4-5-18-37-30)26-13-14-28-27(21-26)39-31(40(28)2)15-10-23-8-11-24(12-9-23)33(35)36/h4-5,7-9,11-14,18,21,25,29H,3,6,10,15-17,19-20,22H2,1-2H3,(H3,35,36)(H,37,38)(H,44,45). The number of benzene rings is 2. The maximum Gasteiger partial charge on any atom is 0.326 e. The molecular weight excluding hydrogens is 568 g/mol. The van der Waals surface area contributed by atoms with E-state index in [1.807, 2.05) is 79.2 Å². The molecule has 1 aliphatic rings. The largest absolute Gasteiger partial charge is 0.480 e. The molecule has 5 rings (SSSR count). The second-order valence-corrected chi connectivity index (χ2v) is 11.7. The number of carboxylic acid groups (broad SMARTS) is 1. The number of nitrogens with two attached hydrogens (primary N) is 1. The second-order valence-electron chi connectivity index (χ2n) is 11.7. The van der Waals surface area contributed by atoms with Gasteiger partial charge in [0.2, 0.25) is 5.91 Å². The van der Waals surface area contributed by atoms with E-state index in [1.165, 1.54) is 4.90 Å². The first kappa shape index (κ1) is 31.6. The number of carbonyl (C=O) groups is 2. The highest BCUT2D eigenvalue weighted by Crippen LogP contribution is 2.27. The van der Waals surface area contributed by atoms with Crippen LogP contribution in [0.2, 0.25) is 0 Å². The molecule has 1 aliphatic heterocycles. The van der Waals surface area contributed by atoms with Gasteiger partial charge in [-0.05, 0) is 61.6 Å². The van der Waals surface area contributed by atoms with Crippen molar-refractivity contribution >= 4 is 40.3 Å². The van der Waals surface area contributed by atoms with Crippen LogP contribution in [0.25, 0.3) is 11.0 Å². The molecule has 1 fully saturated rings. The molecule has 236 valence electrons. The number of fused-ring (bicyclic) bond motifs is 1. The zero-order valence-corrected chi connectivity index (χ0v) is 25.9. The number of anilines is 2. The number of aromatic nitrogens is 3. The predicted octanol–water partition coefficient (Wildman–Crippen LogP) is 4.20. The fourth-order valence-electron chi connectivity index (χ4n) is 6.01. The summed E-state index contributed by atoms with van der Waals surface area (Å²) in [4.78, 5) is 39.2. The van der Waals surface area contributed by atoms with Gasteiger partial charge in [0.15, 0.2) is 0 Å². The van der Waals surface area contributed by atoms with E-state index in [0.717, 1.165) is 60.6 Å². The number of hydrogen-bond donors (Lipinski definition) is 4. The number of nitrogens with one attached hydrogen (secondary N) is 2. The minimum Gasteiger partial charge on any atom is -0.480 e. The summed E-state index contributed by atoms with van der Waals surface area (Å²) >= 11 is 0. The van der Waals surface area contributed by atoms with Crippen LogP contribution in [-0.2, 0) is 29.5 Å². The van der Waals surface area contributed by atoms with Gasteiger partial charge in [-0.3, -0.25) is 20.0 Å². The Hall–Kier alpha value is -4.77. The first-order valence-corrected chi connectivity index (χ1v) is 15.6. The predicted molar refractivity (Wildman–Crippen MR) is 177 cm³/mol. The van der Waals surface area contributed by atoms with Crippen LogP contribution in [0.4, 0.5) is 11.5 Å². The highest BCUT2D eigenvalue weighted by atomic mass is 16.4. The molecule has 3 heterocycles. The van der Waals surface area contributed by atoms with Gasteiger partial charge in [0.05, 0.1) is 17.6 Å². The summed E-state index contributed by atoms with van der Waals surface area (Å²) in [7, 11) is 1.97. The van der Waals surface area contributed by atoms with E-state index in [9.17, 15) is 14.7 Å². The van der Waals surface area contributed by atoms with E-state index in [0.29, 0.717) is 30.5 Å². The quantitative estimate of drug-likeness (QED) is 0.130. The van der Waals surface area contributed by atoms with E-state index in [2.05, 4.69) is 15.2 Å². The summed E-state index contributed by atoms with van der Waals surface area (Å²) in [5, 5.41) is 21.2. The van der Waals surface area contributed by atoms with E-state index in [4.69, 9.17) is 16.1 Å². The monoisotopic (exact) mass is 610 g/mol. The summed E-state index contributed by atoms with van der Waals surface area (Å²) in [6, 6.07) is 18.3. The smallest absolute Gasteiger partial charge is 0.326 e. The maximum atomic E-state index is 13.9. The van der Waals surface area contributed by atoms with Crippen molar-refractivity contribution in [3.05, 3.63) is 83.8 Å². The normalized spacial score (nSPS) is 14.7. The first-order valence-electron chi connectivity index (χ1n) is 15.6. The fraction of sp³-hybridized carbons (Fsp3) is 0.382. The van der Waals surface area contributed by atoms with Gasteiger partial charge in [0.25, 0.3) is 0 Å². The van der Waals surface area contributed by atoms with E-state index in [1.54, 1.807) is 6.20 Å². The summed E-state index contributed by atoms with van der Waals surface area (Å²) in [5.41, 5.74) is 9.57. The Kier molecular flexibility index (Phi) is 10.1. The molecule has 0 bridgehead atoms. The number of nitrogen functional groups attached to an aromatic ring is 1. The lowest BCUT2D eigenvalue weighted by atomic mass is 10.0. The van der Waals surface area contributed by atoms with Gasteiger partial charge in [-0.25, -0.2) is 14.8 Å². The lowest BCUT2D eigenvalue weighted by Crippen LogP contribution is -2.51. The Balaban J connectivity index is 1.31. The van der Waals surface area contributed by atoms with Crippen LogP contribution in [0.5, 0.6) is 0 Å². The van der Waals surface area contributed by atoms with Crippen molar-refractivity contribution in [1.29, 1.82) is 5.41 Å². The number of imidazole rings is 1. The van der Waals surface area contributed by atoms with Crippen molar-refractivity contribution in [2.24, 2.45) is 12.8 Å². The molecule has 0 radical (unpaired) electrons. The molecule has 0 saturated carbocycles. The van der Waals surface area contributed by atoms with Gasteiger partial charge < -0.3 is 20.7 Å². The number of hydrogen-bond acceptors (Lipinski definition) is 7. The number of rotatable bonds is 13. The Morgan fingerprint density at radius 1 is 1.11 bits per heavy atom. The average molecular weight is 611 g/mol. The molecule has 0 aliphatic carbocycles. The zero-order chi connectivity index (χ0) is 31.9. The zero-order valence-electron chi connectivity index (χ0n) is 25.9. The Bertz CT molecular complexity index is 1630. The number of aryl methyl sites for hydroxylation is 3. The Labute approximate surface area is 263 Å². The number of nitrogens with zero attached hydrogens (tertiary/aromatic N) is 5. The lowest BCUT2D eigenvalue weighted by Gasteiger charge is -2.35. The minimum absolute atomic E-state index is 0.0442. The van der Waals surface area contributed by atoms with Crippen LogP contribution in [0, 0.1) is 5.41 Å². The van der Waals surface area contributed by atoms with E-state index < -0.39 is 12.0 Å². The van der Waals surface area contributed by atoms with Gasteiger partial charge in [0.1, 0.15) is 23.5 Å². The molecule has 1 amide bonds. The van der Waals surface area contributed by atoms with Crippen molar-refractivity contribution < 1.29 is 14.7 Å². The fourth-order valence-corrected chi connectivity index (χ4v) is 6.01. The molecule has 1 unspecified atom stereocenters. The average Bonchev–Trinajstić information content (AvgIpc) is 3.35. The first-order chi connectivity index (χ1) is 21.7. The molecule has 5 N–H and O–H groups in total. The number of aliphatic carboxylic acids is 1. The van der Waals surface area contributed by atoms with Crippen LogP contribution in [0.3, 0.4) is 0 Å². The third-order valence-electron chi connectivity index (χ3n) is 8.53. The van der Waals surface area contributed by atoms with Gasteiger partial charge in [-0.2, -0.15) is 0 Å².